The third kappa shape index (κ3) is 1.58. The van der Waals surface area contributed by atoms with E-state index in [0.29, 0.717) is 21.7 Å². The second-order valence-electron chi connectivity index (χ2n) is 4.68. The summed E-state index contributed by atoms with van der Waals surface area (Å²) in [6.07, 6.45) is 0. The van der Waals surface area contributed by atoms with Crippen molar-refractivity contribution in [2.75, 3.05) is 0 Å². The van der Waals surface area contributed by atoms with Gasteiger partial charge < -0.3 is 0 Å². The van der Waals surface area contributed by atoms with Gasteiger partial charge in [-0.15, -0.1) is 16.4 Å². The molecule has 0 aliphatic heterocycles. The van der Waals surface area contributed by atoms with Gasteiger partial charge in [-0.1, -0.05) is 5.21 Å². The van der Waals surface area contributed by atoms with Crippen molar-refractivity contribution in [2.24, 2.45) is 0 Å². The van der Waals surface area contributed by atoms with Crippen LogP contribution in [-0.2, 0) is 0 Å². The van der Waals surface area contributed by atoms with E-state index in [1.54, 1.807) is 35.7 Å². The minimum Gasteiger partial charge on any atom is -0.287 e. The predicted octanol–water partition coefficient (Wildman–Crippen LogP) is 1.98. The number of hydrogen-bond acceptors (Lipinski definition) is 6. The molecule has 1 aliphatic carbocycles. The lowest BCUT2D eigenvalue weighted by Crippen LogP contribution is -2.21. The molecule has 0 atom stereocenters. The first-order chi connectivity index (χ1) is 10.7. The first-order valence-corrected chi connectivity index (χ1v) is 7.22. The molecule has 22 heavy (non-hydrogen) atoms. The van der Waals surface area contributed by atoms with Crippen LogP contribution in [0, 0.1) is 11.3 Å². The molecule has 0 radical (unpaired) electrons. The van der Waals surface area contributed by atoms with Gasteiger partial charge in [0.2, 0.25) is 11.6 Å². The number of nitrogens with zero attached hydrogens (tertiary/aromatic N) is 4. The van der Waals surface area contributed by atoms with E-state index in [4.69, 9.17) is 5.26 Å². The fourth-order valence-electron chi connectivity index (χ4n) is 2.40. The highest BCUT2D eigenvalue weighted by Crippen LogP contribution is 2.30. The van der Waals surface area contributed by atoms with Gasteiger partial charge in [-0.3, -0.25) is 9.59 Å². The molecule has 0 saturated carbocycles. The molecule has 104 valence electrons. The topological polar surface area (TPSA) is 88.6 Å². The Balaban J connectivity index is 1.91. The van der Waals surface area contributed by atoms with Gasteiger partial charge in [0.25, 0.3) is 0 Å². The summed E-state index contributed by atoms with van der Waals surface area (Å²) in [6, 6.07) is 10.2. The molecule has 0 unspecified atom stereocenters. The Kier molecular flexibility index (Phi) is 2.55. The molecular formula is C15H6N4O2S. The van der Waals surface area contributed by atoms with Gasteiger partial charge in [-0.05, 0) is 35.7 Å². The number of aromatic nitrogens is 3. The Bertz CT molecular complexity index is 976. The number of rotatable bonds is 1. The zero-order valence-electron chi connectivity index (χ0n) is 11.0. The fraction of sp³-hybridized carbons (Fsp3) is 0. The van der Waals surface area contributed by atoms with Crippen LogP contribution in [0.3, 0.4) is 0 Å². The van der Waals surface area contributed by atoms with Crippen molar-refractivity contribution in [1.82, 2.24) is 15.0 Å². The van der Waals surface area contributed by atoms with Crippen molar-refractivity contribution in [1.29, 1.82) is 5.26 Å². The average Bonchev–Trinajstić information content (AvgIpc) is 3.20. The summed E-state index contributed by atoms with van der Waals surface area (Å²) in [5.41, 5.74) is 1.71. The molecule has 0 fully saturated rings. The molecule has 1 aliphatic rings. The minimum atomic E-state index is -0.278. The molecule has 4 rings (SSSR count). The molecule has 2 heterocycles. The van der Waals surface area contributed by atoms with Crippen LogP contribution in [0.5, 0.6) is 0 Å². The molecule has 0 amide bonds. The highest BCUT2D eigenvalue weighted by Gasteiger charge is 2.36. The van der Waals surface area contributed by atoms with Crippen molar-refractivity contribution in [3.05, 3.63) is 63.1 Å². The van der Waals surface area contributed by atoms with Crippen LogP contribution in [0.1, 0.15) is 37.0 Å². The Labute approximate surface area is 128 Å². The highest BCUT2D eigenvalue weighted by atomic mass is 32.1. The summed E-state index contributed by atoms with van der Waals surface area (Å²) in [5.74, 6) is -0.542. The maximum atomic E-state index is 12.6. The number of nitriles is 1. The molecule has 2 aromatic heterocycles. The third-order valence-corrected chi connectivity index (χ3v) is 4.37. The lowest BCUT2D eigenvalue weighted by Gasteiger charge is -2.11. The Morgan fingerprint density at radius 3 is 2.59 bits per heavy atom. The van der Waals surface area contributed by atoms with Crippen molar-refractivity contribution in [3.63, 3.8) is 0 Å². The van der Waals surface area contributed by atoms with Gasteiger partial charge in [0.15, 0.2) is 5.69 Å². The van der Waals surface area contributed by atoms with Crippen molar-refractivity contribution in [2.45, 2.75) is 0 Å². The van der Waals surface area contributed by atoms with Gasteiger partial charge in [-0.25, -0.2) is 4.68 Å². The van der Waals surface area contributed by atoms with E-state index >= 15 is 0 Å². The van der Waals surface area contributed by atoms with Crippen molar-refractivity contribution < 1.29 is 9.59 Å². The second-order valence-corrected chi connectivity index (χ2v) is 5.59. The highest BCUT2D eigenvalue weighted by molar-refractivity contribution is 7.12. The fourth-order valence-corrected chi connectivity index (χ4v) is 3.23. The number of benzene rings is 1. The predicted molar refractivity (Wildman–Crippen MR) is 77.3 cm³/mol. The maximum Gasteiger partial charge on any atom is 0.226 e. The van der Waals surface area contributed by atoms with E-state index in [1.165, 1.54) is 16.0 Å². The Hall–Kier alpha value is -3.11. The third-order valence-electron chi connectivity index (χ3n) is 3.46. The standard InChI is InChI=1S/C15H6N4O2S/c16-7-8-1-3-9(4-2-8)19-12-11(17-18-19)14(21)15-10(13(12)20)5-6-22-15/h1-6H. The quantitative estimate of drug-likeness (QED) is 0.536. The number of hydrogen-bond donors (Lipinski definition) is 0. The number of ketones is 2. The molecule has 1 aromatic carbocycles. The summed E-state index contributed by atoms with van der Waals surface area (Å²) < 4.78 is 1.34. The van der Waals surface area contributed by atoms with Gasteiger partial charge in [0.05, 0.1) is 22.2 Å². The molecule has 6 nitrogen and oxygen atoms in total. The van der Waals surface area contributed by atoms with Crippen LogP contribution in [-0.4, -0.2) is 26.6 Å². The summed E-state index contributed by atoms with van der Waals surface area (Å²) in [4.78, 5) is 25.4. The molecule has 0 spiro atoms. The summed E-state index contributed by atoms with van der Waals surface area (Å²) in [7, 11) is 0. The number of carbonyl (C=O) groups excluding carboxylic acids is 2. The van der Waals surface area contributed by atoms with E-state index in [2.05, 4.69) is 10.3 Å². The van der Waals surface area contributed by atoms with E-state index < -0.39 is 0 Å². The lowest BCUT2D eigenvalue weighted by molar-refractivity contribution is 0.0976. The van der Waals surface area contributed by atoms with Gasteiger partial charge in [0, 0.05) is 5.56 Å². The van der Waals surface area contributed by atoms with E-state index in [-0.39, 0.29) is 23.0 Å². The number of carbonyl (C=O) groups is 2. The lowest BCUT2D eigenvalue weighted by atomic mass is 9.97. The second kappa shape index (κ2) is 4.44. The van der Waals surface area contributed by atoms with Crippen LogP contribution in [0.15, 0.2) is 35.7 Å². The van der Waals surface area contributed by atoms with Crippen LogP contribution >= 0.6 is 11.3 Å². The summed E-state index contributed by atoms with van der Waals surface area (Å²) >= 11 is 1.23. The SMILES string of the molecule is N#Cc1ccc(-n2nnc3c2C(=O)c2ccsc2C3=O)cc1. The normalized spacial score (nSPS) is 12.7. The Morgan fingerprint density at radius 1 is 1.09 bits per heavy atom. The largest absolute Gasteiger partial charge is 0.287 e. The molecular weight excluding hydrogens is 300 g/mol. The van der Waals surface area contributed by atoms with Crippen LogP contribution < -0.4 is 0 Å². The first kappa shape index (κ1) is 12.6. The molecule has 7 heteroatoms. The minimum absolute atomic E-state index is 0.0734. The van der Waals surface area contributed by atoms with Crippen LogP contribution in [0.25, 0.3) is 5.69 Å². The average molecular weight is 306 g/mol. The molecule has 0 saturated heterocycles. The maximum absolute atomic E-state index is 12.6. The number of fused-ring (bicyclic) bond motifs is 2. The van der Waals surface area contributed by atoms with Crippen LogP contribution in [0.2, 0.25) is 0 Å². The summed E-state index contributed by atoms with van der Waals surface area (Å²) in [6.45, 7) is 0. The first-order valence-electron chi connectivity index (χ1n) is 6.34. The van der Waals surface area contributed by atoms with Gasteiger partial charge >= 0.3 is 0 Å². The van der Waals surface area contributed by atoms with Crippen molar-refractivity contribution in [3.8, 4) is 11.8 Å². The monoisotopic (exact) mass is 306 g/mol. The zero-order chi connectivity index (χ0) is 15.3. The smallest absolute Gasteiger partial charge is 0.226 e. The zero-order valence-corrected chi connectivity index (χ0v) is 11.8. The van der Waals surface area contributed by atoms with Gasteiger partial charge in [-0.2, -0.15) is 5.26 Å². The Morgan fingerprint density at radius 2 is 1.86 bits per heavy atom. The molecule has 0 bridgehead atoms. The molecule has 0 N–H and O–H groups in total. The van der Waals surface area contributed by atoms with Crippen molar-refractivity contribution >= 4 is 22.9 Å². The van der Waals surface area contributed by atoms with E-state index in [1.807, 2.05) is 6.07 Å². The summed E-state index contributed by atoms with van der Waals surface area (Å²) in [5, 5.41) is 18.3. The molecule has 3 aromatic rings. The van der Waals surface area contributed by atoms with E-state index in [0.717, 1.165) is 0 Å². The van der Waals surface area contributed by atoms with E-state index in [9.17, 15) is 9.59 Å². The number of thiophene rings is 1. The van der Waals surface area contributed by atoms with Gasteiger partial charge in [0.1, 0.15) is 5.69 Å². The van der Waals surface area contributed by atoms with Crippen LogP contribution in [0.4, 0.5) is 0 Å².